The van der Waals surface area contributed by atoms with Gasteiger partial charge in [-0.1, -0.05) is 23.8 Å². The van der Waals surface area contributed by atoms with Gasteiger partial charge in [0.15, 0.2) is 6.29 Å². The summed E-state index contributed by atoms with van der Waals surface area (Å²) in [5.74, 6) is 0.876. The van der Waals surface area contributed by atoms with Gasteiger partial charge in [-0.05, 0) is 55.2 Å². The number of hydrogen-bond acceptors (Lipinski definition) is 2. The van der Waals surface area contributed by atoms with Crippen LogP contribution in [0.4, 0.5) is 0 Å². The molecule has 0 heterocycles. The Hall–Kier alpha value is -2.09. The second kappa shape index (κ2) is 5.27. The van der Waals surface area contributed by atoms with Gasteiger partial charge >= 0.3 is 0 Å². The lowest BCUT2D eigenvalue weighted by Crippen LogP contribution is -1.94. The van der Waals surface area contributed by atoms with Crippen LogP contribution in [0.5, 0.6) is 5.75 Å². The minimum absolute atomic E-state index is 0.721. The third kappa shape index (κ3) is 2.53. The molecule has 0 aliphatic carbocycles. The van der Waals surface area contributed by atoms with Gasteiger partial charge in [0.2, 0.25) is 0 Å². The van der Waals surface area contributed by atoms with Crippen molar-refractivity contribution in [3.8, 4) is 16.9 Å². The van der Waals surface area contributed by atoms with E-state index in [1.54, 1.807) is 7.11 Å². The largest absolute Gasteiger partial charge is 0.496 e. The molecule has 0 spiro atoms. The molecular weight excluding hydrogens is 236 g/mol. The molecule has 0 unspecified atom stereocenters. The highest BCUT2D eigenvalue weighted by molar-refractivity contribution is 5.89. The number of aryl methyl sites for hydroxylation is 3. The Bertz CT molecular complexity index is 627. The van der Waals surface area contributed by atoms with Crippen LogP contribution in [0, 0.1) is 20.8 Å². The van der Waals surface area contributed by atoms with Crippen molar-refractivity contribution in [2.45, 2.75) is 20.8 Å². The topological polar surface area (TPSA) is 26.3 Å². The summed E-state index contributed by atoms with van der Waals surface area (Å²) in [6, 6.07) is 9.98. The molecule has 0 aromatic heterocycles. The van der Waals surface area contributed by atoms with Crippen molar-refractivity contribution in [1.82, 2.24) is 0 Å². The van der Waals surface area contributed by atoms with Crippen LogP contribution in [0.3, 0.4) is 0 Å². The molecule has 0 aliphatic rings. The minimum atomic E-state index is 0.721. The molecule has 2 heteroatoms. The van der Waals surface area contributed by atoms with E-state index < -0.39 is 0 Å². The zero-order chi connectivity index (χ0) is 14.0. The molecule has 0 amide bonds. The number of hydrogen-bond donors (Lipinski definition) is 0. The summed E-state index contributed by atoms with van der Waals surface area (Å²) < 4.78 is 5.33. The summed E-state index contributed by atoms with van der Waals surface area (Å²) >= 11 is 0. The highest BCUT2D eigenvalue weighted by Crippen LogP contribution is 2.32. The van der Waals surface area contributed by atoms with Gasteiger partial charge in [0.1, 0.15) is 5.75 Å². The quantitative estimate of drug-likeness (QED) is 0.771. The lowest BCUT2D eigenvalue weighted by molar-refractivity contribution is 0.112. The van der Waals surface area contributed by atoms with Gasteiger partial charge in [0.05, 0.1) is 7.11 Å². The van der Waals surface area contributed by atoms with Crippen LogP contribution < -0.4 is 4.74 Å². The lowest BCUT2D eigenvalue weighted by Gasteiger charge is -2.13. The van der Waals surface area contributed by atoms with Crippen molar-refractivity contribution in [3.63, 3.8) is 0 Å². The Balaban J connectivity index is 2.68. The molecule has 0 aliphatic heterocycles. The summed E-state index contributed by atoms with van der Waals surface area (Å²) in [5, 5.41) is 0. The molecule has 2 aromatic rings. The smallest absolute Gasteiger partial charge is 0.150 e. The maximum absolute atomic E-state index is 11.2. The van der Waals surface area contributed by atoms with E-state index in [0.717, 1.165) is 45.4 Å². The zero-order valence-electron chi connectivity index (χ0n) is 11.8. The van der Waals surface area contributed by atoms with Crippen molar-refractivity contribution in [2.24, 2.45) is 0 Å². The number of aldehydes is 1. The van der Waals surface area contributed by atoms with E-state index in [-0.39, 0.29) is 0 Å². The first kappa shape index (κ1) is 13.3. The Morgan fingerprint density at radius 1 is 0.947 bits per heavy atom. The number of rotatable bonds is 3. The van der Waals surface area contributed by atoms with Crippen molar-refractivity contribution in [3.05, 3.63) is 52.6 Å². The van der Waals surface area contributed by atoms with Crippen LogP contribution in [0.15, 0.2) is 30.3 Å². The SMILES string of the molecule is COc1cc(C)c(-c2cc(C)ccc2C=O)cc1C. The minimum Gasteiger partial charge on any atom is -0.496 e. The molecule has 0 N–H and O–H groups in total. The third-order valence-electron chi connectivity index (χ3n) is 3.37. The normalized spacial score (nSPS) is 10.3. The fourth-order valence-electron chi connectivity index (χ4n) is 2.31. The van der Waals surface area contributed by atoms with Gasteiger partial charge in [-0.15, -0.1) is 0 Å². The predicted molar refractivity (Wildman–Crippen MR) is 78.0 cm³/mol. The van der Waals surface area contributed by atoms with Crippen LogP contribution in [-0.2, 0) is 0 Å². The fourth-order valence-corrected chi connectivity index (χ4v) is 2.31. The molecule has 0 radical (unpaired) electrons. The molecule has 2 aromatic carbocycles. The Labute approximate surface area is 114 Å². The summed E-state index contributed by atoms with van der Waals surface area (Å²) in [5.41, 5.74) is 6.12. The molecule has 0 saturated heterocycles. The summed E-state index contributed by atoms with van der Waals surface area (Å²) in [6.07, 6.45) is 0.910. The maximum Gasteiger partial charge on any atom is 0.150 e. The Kier molecular flexibility index (Phi) is 3.70. The molecule has 2 rings (SSSR count). The van der Waals surface area contributed by atoms with Crippen LogP contribution in [0.1, 0.15) is 27.0 Å². The average molecular weight is 254 g/mol. The van der Waals surface area contributed by atoms with Crippen molar-refractivity contribution in [2.75, 3.05) is 7.11 Å². The van der Waals surface area contributed by atoms with Crippen molar-refractivity contribution < 1.29 is 9.53 Å². The molecule has 0 bridgehead atoms. The summed E-state index contributed by atoms with van der Waals surface area (Å²) in [6.45, 7) is 6.08. The lowest BCUT2D eigenvalue weighted by atomic mass is 9.93. The zero-order valence-corrected chi connectivity index (χ0v) is 11.8. The molecular formula is C17H18O2. The molecule has 0 atom stereocenters. The number of benzene rings is 2. The van der Waals surface area contributed by atoms with Gasteiger partial charge in [0, 0.05) is 5.56 Å². The van der Waals surface area contributed by atoms with E-state index in [0.29, 0.717) is 0 Å². The van der Waals surface area contributed by atoms with Crippen molar-refractivity contribution in [1.29, 1.82) is 0 Å². The predicted octanol–water partition coefficient (Wildman–Crippen LogP) is 4.10. The standard InChI is InChI=1S/C17H18O2/c1-11-5-6-14(10-18)16(7-11)15-8-13(3)17(19-4)9-12(15)2/h5-10H,1-4H3. The van der Waals surface area contributed by atoms with Gasteiger partial charge < -0.3 is 4.74 Å². The van der Waals surface area contributed by atoms with Crippen LogP contribution in [-0.4, -0.2) is 13.4 Å². The average Bonchev–Trinajstić information content (AvgIpc) is 2.40. The van der Waals surface area contributed by atoms with E-state index in [1.165, 1.54) is 0 Å². The second-order valence-corrected chi connectivity index (χ2v) is 4.85. The van der Waals surface area contributed by atoms with E-state index in [9.17, 15) is 4.79 Å². The Morgan fingerprint density at radius 2 is 1.68 bits per heavy atom. The van der Waals surface area contributed by atoms with Crippen LogP contribution in [0.25, 0.3) is 11.1 Å². The van der Waals surface area contributed by atoms with Gasteiger partial charge in [-0.2, -0.15) is 0 Å². The second-order valence-electron chi connectivity index (χ2n) is 4.85. The van der Waals surface area contributed by atoms with Gasteiger partial charge in [0.25, 0.3) is 0 Å². The first-order valence-corrected chi connectivity index (χ1v) is 6.28. The number of methoxy groups -OCH3 is 1. The van der Waals surface area contributed by atoms with Crippen LogP contribution >= 0.6 is 0 Å². The summed E-state index contributed by atoms with van der Waals surface area (Å²) in [4.78, 5) is 11.2. The molecule has 19 heavy (non-hydrogen) atoms. The van der Waals surface area contributed by atoms with Gasteiger partial charge in [-0.25, -0.2) is 0 Å². The van der Waals surface area contributed by atoms with Gasteiger partial charge in [-0.3, -0.25) is 4.79 Å². The summed E-state index contributed by atoms with van der Waals surface area (Å²) in [7, 11) is 1.67. The van der Waals surface area contributed by atoms with Crippen molar-refractivity contribution >= 4 is 6.29 Å². The fraction of sp³-hybridized carbons (Fsp3) is 0.235. The van der Waals surface area contributed by atoms with E-state index in [2.05, 4.69) is 12.1 Å². The van der Waals surface area contributed by atoms with E-state index in [4.69, 9.17) is 4.74 Å². The Morgan fingerprint density at radius 3 is 2.32 bits per heavy atom. The van der Waals surface area contributed by atoms with Crippen LogP contribution in [0.2, 0.25) is 0 Å². The number of ether oxygens (including phenoxy) is 1. The molecule has 98 valence electrons. The number of carbonyl (C=O) groups excluding carboxylic acids is 1. The van der Waals surface area contributed by atoms with E-state index in [1.807, 2.05) is 39.0 Å². The maximum atomic E-state index is 11.2. The molecule has 0 saturated carbocycles. The first-order valence-electron chi connectivity index (χ1n) is 6.28. The van der Waals surface area contributed by atoms with E-state index >= 15 is 0 Å². The molecule has 0 fully saturated rings. The highest BCUT2D eigenvalue weighted by Gasteiger charge is 2.10. The third-order valence-corrected chi connectivity index (χ3v) is 3.37. The monoisotopic (exact) mass is 254 g/mol. The highest BCUT2D eigenvalue weighted by atomic mass is 16.5. The number of carbonyl (C=O) groups is 1. The molecule has 2 nitrogen and oxygen atoms in total. The first-order chi connectivity index (χ1) is 9.06.